The van der Waals surface area contributed by atoms with Crippen molar-refractivity contribution in [1.29, 1.82) is 0 Å². The van der Waals surface area contributed by atoms with Gasteiger partial charge in [-0.2, -0.15) is 0 Å². The molecule has 5 nitrogen and oxygen atoms in total. The van der Waals surface area contributed by atoms with E-state index >= 15 is 0 Å². The van der Waals surface area contributed by atoms with Crippen LogP contribution in [0.1, 0.15) is 20.7 Å². The number of hydrogen-bond acceptors (Lipinski definition) is 3. The van der Waals surface area contributed by atoms with Crippen LogP contribution in [0.25, 0.3) is 0 Å². The normalized spacial score (nSPS) is 13.8. The Morgan fingerprint density at radius 3 is 1.87 bits per heavy atom. The first-order valence-corrected chi connectivity index (χ1v) is 9.77. The second-order valence-corrected chi connectivity index (χ2v) is 7.03. The Kier molecular flexibility index (Phi) is 5.75. The maximum absolute atomic E-state index is 13.1. The van der Waals surface area contributed by atoms with E-state index in [-0.39, 0.29) is 17.6 Å². The van der Waals surface area contributed by atoms with Gasteiger partial charge in [-0.3, -0.25) is 9.59 Å². The van der Waals surface area contributed by atoms with Gasteiger partial charge in [0.2, 0.25) is 0 Å². The minimum Gasteiger partial charge on any atom is -0.457 e. The zero-order valence-corrected chi connectivity index (χ0v) is 16.3. The highest BCUT2D eigenvalue weighted by Crippen LogP contribution is 2.23. The maximum atomic E-state index is 13.1. The average Bonchev–Trinajstić information content (AvgIpc) is 2.80. The molecule has 1 saturated heterocycles. The summed E-state index contributed by atoms with van der Waals surface area (Å²) in [7, 11) is 0. The van der Waals surface area contributed by atoms with E-state index < -0.39 is 0 Å². The van der Waals surface area contributed by atoms with Gasteiger partial charge in [0, 0.05) is 37.3 Å². The van der Waals surface area contributed by atoms with Crippen molar-refractivity contribution in [3.8, 4) is 11.5 Å². The molecule has 3 aromatic carbocycles. The Balaban J connectivity index is 1.38. The van der Waals surface area contributed by atoms with Gasteiger partial charge in [0.1, 0.15) is 17.3 Å². The molecule has 0 radical (unpaired) electrons. The van der Waals surface area contributed by atoms with Crippen molar-refractivity contribution < 1.29 is 18.7 Å². The van der Waals surface area contributed by atoms with Crippen LogP contribution in [0.3, 0.4) is 0 Å². The molecule has 1 fully saturated rings. The van der Waals surface area contributed by atoms with Crippen molar-refractivity contribution in [2.24, 2.45) is 0 Å². The van der Waals surface area contributed by atoms with Gasteiger partial charge >= 0.3 is 0 Å². The van der Waals surface area contributed by atoms with Gasteiger partial charge in [-0.05, 0) is 54.6 Å². The summed E-state index contributed by atoms with van der Waals surface area (Å²) in [5, 5.41) is 0. The number of para-hydroxylation sites is 1. The number of piperazine rings is 1. The monoisotopic (exact) mass is 404 g/mol. The molecule has 1 heterocycles. The quantitative estimate of drug-likeness (QED) is 0.654. The Morgan fingerprint density at radius 2 is 1.23 bits per heavy atom. The predicted octanol–water partition coefficient (Wildman–Crippen LogP) is 4.22. The summed E-state index contributed by atoms with van der Waals surface area (Å²) in [6, 6.07) is 22.0. The van der Waals surface area contributed by atoms with Crippen molar-refractivity contribution in [2.45, 2.75) is 0 Å². The highest BCUT2D eigenvalue weighted by atomic mass is 19.1. The van der Waals surface area contributed by atoms with Gasteiger partial charge in [-0.1, -0.05) is 24.3 Å². The smallest absolute Gasteiger partial charge is 0.254 e. The van der Waals surface area contributed by atoms with E-state index in [0.717, 1.165) is 0 Å². The number of benzene rings is 3. The first-order valence-electron chi connectivity index (χ1n) is 9.77. The number of ether oxygens (including phenoxy) is 1. The highest BCUT2D eigenvalue weighted by Gasteiger charge is 2.25. The van der Waals surface area contributed by atoms with Crippen LogP contribution < -0.4 is 4.74 Å². The average molecular weight is 404 g/mol. The van der Waals surface area contributed by atoms with E-state index in [9.17, 15) is 14.0 Å². The summed E-state index contributed by atoms with van der Waals surface area (Å²) in [6.45, 7) is 1.75. The highest BCUT2D eigenvalue weighted by molar-refractivity contribution is 5.96. The molecule has 0 atom stereocenters. The number of carbonyl (C=O) groups is 2. The van der Waals surface area contributed by atoms with Crippen molar-refractivity contribution in [1.82, 2.24) is 9.80 Å². The molecule has 152 valence electrons. The second-order valence-electron chi connectivity index (χ2n) is 7.03. The van der Waals surface area contributed by atoms with E-state index in [2.05, 4.69) is 0 Å². The molecule has 0 N–H and O–H groups in total. The molecule has 1 aliphatic heterocycles. The summed E-state index contributed by atoms with van der Waals surface area (Å²) in [4.78, 5) is 28.9. The lowest BCUT2D eigenvalue weighted by Crippen LogP contribution is -2.50. The molecular weight excluding hydrogens is 383 g/mol. The fourth-order valence-corrected chi connectivity index (χ4v) is 3.39. The van der Waals surface area contributed by atoms with E-state index in [0.29, 0.717) is 48.8 Å². The fraction of sp³-hybridized carbons (Fsp3) is 0.167. The van der Waals surface area contributed by atoms with Crippen LogP contribution in [0, 0.1) is 5.82 Å². The summed E-state index contributed by atoms with van der Waals surface area (Å²) >= 11 is 0. The largest absolute Gasteiger partial charge is 0.457 e. The number of amides is 2. The Labute approximate surface area is 174 Å². The van der Waals surface area contributed by atoms with Crippen LogP contribution in [0.4, 0.5) is 4.39 Å². The Hall–Kier alpha value is -3.67. The third-order valence-electron chi connectivity index (χ3n) is 5.01. The van der Waals surface area contributed by atoms with Crippen LogP contribution in [-0.4, -0.2) is 47.8 Å². The Morgan fingerprint density at radius 1 is 0.667 bits per heavy atom. The van der Waals surface area contributed by atoms with Crippen LogP contribution >= 0.6 is 0 Å². The lowest BCUT2D eigenvalue weighted by molar-refractivity contribution is 0.0535. The molecule has 30 heavy (non-hydrogen) atoms. The van der Waals surface area contributed by atoms with Gasteiger partial charge in [0.15, 0.2) is 0 Å². The zero-order valence-electron chi connectivity index (χ0n) is 16.3. The third kappa shape index (κ3) is 4.49. The SMILES string of the molecule is O=C(c1ccc(F)cc1)N1CCN(C(=O)c2cccc(Oc3ccccc3)c2)CC1. The van der Waals surface area contributed by atoms with Gasteiger partial charge in [0.25, 0.3) is 11.8 Å². The number of carbonyl (C=O) groups excluding carboxylic acids is 2. The molecule has 0 aliphatic carbocycles. The molecule has 0 bridgehead atoms. The fourth-order valence-electron chi connectivity index (χ4n) is 3.39. The summed E-state index contributed by atoms with van der Waals surface area (Å²) in [5.41, 5.74) is 0.990. The van der Waals surface area contributed by atoms with Crippen molar-refractivity contribution in [3.05, 3.63) is 95.8 Å². The van der Waals surface area contributed by atoms with Gasteiger partial charge in [0.05, 0.1) is 0 Å². The van der Waals surface area contributed by atoms with Gasteiger partial charge in [-0.25, -0.2) is 4.39 Å². The molecule has 0 unspecified atom stereocenters. The van der Waals surface area contributed by atoms with E-state index in [1.54, 1.807) is 28.0 Å². The molecular formula is C24H21FN2O3. The first-order chi connectivity index (χ1) is 14.6. The lowest BCUT2D eigenvalue weighted by atomic mass is 10.1. The summed E-state index contributed by atoms with van der Waals surface area (Å²) in [5.74, 6) is 0.676. The molecule has 0 spiro atoms. The molecule has 4 rings (SSSR count). The van der Waals surface area contributed by atoms with Gasteiger partial charge in [-0.15, -0.1) is 0 Å². The summed E-state index contributed by atoms with van der Waals surface area (Å²) in [6.07, 6.45) is 0. The third-order valence-corrected chi connectivity index (χ3v) is 5.01. The van der Waals surface area contributed by atoms with Crippen LogP contribution in [0.2, 0.25) is 0 Å². The first kappa shape index (κ1) is 19.6. The molecule has 6 heteroatoms. The van der Waals surface area contributed by atoms with Crippen LogP contribution in [0.15, 0.2) is 78.9 Å². The van der Waals surface area contributed by atoms with Crippen molar-refractivity contribution >= 4 is 11.8 Å². The van der Waals surface area contributed by atoms with E-state index in [1.807, 2.05) is 36.4 Å². The van der Waals surface area contributed by atoms with Crippen LogP contribution in [-0.2, 0) is 0 Å². The van der Waals surface area contributed by atoms with Crippen molar-refractivity contribution in [2.75, 3.05) is 26.2 Å². The van der Waals surface area contributed by atoms with E-state index in [4.69, 9.17) is 4.74 Å². The number of rotatable bonds is 4. The van der Waals surface area contributed by atoms with Gasteiger partial charge < -0.3 is 14.5 Å². The van der Waals surface area contributed by atoms with Crippen LogP contribution in [0.5, 0.6) is 11.5 Å². The topological polar surface area (TPSA) is 49.9 Å². The van der Waals surface area contributed by atoms with E-state index in [1.165, 1.54) is 24.3 Å². The van der Waals surface area contributed by atoms with Crippen molar-refractivity contribution in [3.63, 3.8) is 0 Å². The predicted molar refractivity (Wildman–Crippen MR) is 111 cm³/mol. The number of nitrogens with zero attached hydrogens (tertiary/aromatic N) is 2. The lowest BCUT2D eigenvalue weighted by Gasteiger charge is -2.35. The molecule has 2 amide bonds. The Bertz CT molecular complexity index is 1030. The summed E-state index contributed by atoms with van der Waals surface area (Å²) < 4.78 is 18.9. The standard InChI is InChI=1S/C24H21FN2O3/c25-20-11-9-18(10-12-20)23(28)26-13-15-27(16-14-26)24(29)19-5-4-8-22(17-19)30-21-6-2-1-3-7-21/h1-12,17H,13-16H2. The minimum atomic E-state index is -0.375. The number of hydrogen-bond donors (Lipinski definition) is 0. The maximum Gasteiger partial charge on any atom is 0.254 e. The molecule has 0 aromatic heterocycles. The molecule has 0 saturated carbocycles. The molecule has 3 aromatic rings. The number of halogens is 1. The molecule has 1 aliphatic rings. The second kappa shape index (κ2) is 8.78. The zero-order chi connectivity index (χ0) is 20.9. The minimum absolute atomic E-state index is 0.0950.